The van der Waals surface area contributed by atoms with Crippen molar-refractivity contribution in [1.29, 1.82) is 0 Å². The van der Waals surface area contributed by atoms with Crippen LogP contribution in [-0.4, -0.2) is 43.0 Å². The molecule has 3 nitrogen and oxygen atoms in total. The van der Waals surface area contributed by atoms with E-state index in [1.54, 1.807) is 16.2 Å². The first-order chi connectivity index (χ1) is 8.84. The fourth-order valence-corrected chi connectivity index (χ4v) is 3.99. The predicted octanol–water partition coefficient (Wildman–Crippen LogP) is 1.03. The van der Waals surface area contributed by atoms with Crippen molar-refractivity contribution in [1.82, 2.24) is 4.90 Å². The van der Waals surface area contributed by atoms with Crippen LogP contribution in [0, 0.1) is 0 Å². The molecule has 1 amide bonds. The Morgan fingerprint density at radius 3 is 2.61 bits per heavy atom. The highest BCUT2D eigenvalue weighted by Crippen LogP contribution is 2.16. The minimum absolute atomic E-state index is 0.232. The number of hydrogen-bond acceptors (Lipinski definition) is 2. The van der Waals surface area contributed by atoms with Gasteiger partial charge in [0.1, 0.15) is 0 Å². The average molecular weight is 265 g/mol. The first-order valence-electron chi connectivity index (χ1n) is 7.02. The molecule has 0 unspecified atom stereocenters. The molecule has 98 valence electrons. The first-order valence-corrected chi connectivity index (χ1v) is 7.90. The fraction of sp³-hybridized carbons (Fsp3) is 0.643. The molecular weight excluding hydrogens is 244 g/mol. The molecule has 2 heterocycles. The minimum atomic E-state index is 0.232. The van der Waals surface area contributed by atoms with E-state index < -0.39 is 0 Å². The summed E-state index contributed by atoms with van der Waals surface area (Å²) in [6.45, 7) is 4.15. The molecule has 1 saturated heterocycles. The lowest BCUT2D eigenvalue weighted by molar-refractivity contribution is -0.928. The van der Waals surface area contributed by atoms with E-state index in [1.807, 2.05) is 22.4 Å². The molecule has 0 aromatic carbocycles. The van der Waals surface area contributed by atoms with E-state index in [0.29, 0.717) is 0 Å². The molecule has 0 radical (unpaired) electrons. The SMILES string of the molecule is O=C(c1cccs1)N1CC[NH+](C2CCCC2)CC1. The minimum Gasteiger partial charge on any atom is -0.330 e. The van der Waals surface area contributed by atoms with Crippen molar-refractivity contribution in [2.75, 3.05) is 26.2 Å². The lowest BCUT2D eigenvalue weighted by Gasteiger charge is -2.35. The van der Waals surface area contributed by atoms with E-state index in [2.05, 4.69) is 0 Å². The van der Waals surface area contributed by atoms with Gasteiger partial charge in [0.05, 0.1) is 37.1 Å². The van der Waals surface area contributed by atoms with E-state index in [1.165, 1.54) is 25.7 Å². The molecule has 3 rings (SSSR count). The summed E-state index contributed by atoms with van der Waals surface area (Å²) < 4.78 is 0. The summed E-state index contributed by atoms with van der Waals surface area (Å²) in [5.74, 6) is 0.232. The van der Waals surface area contributed by atoms with Crippen LogP contribution in [0.1, 0.15) is 35.4 Å². The van der Waals surface area contributed by atoms with Crippen LogP contribution in [0.3, 0.4) is 0 Å². The van der Waals surface area contributed by atoms with Crippen molar-refractivity contribution < 1.29 is 9.69 Å². The quantitative estimate of drug-likeness (QED) is 0.849. The zero-order valence-electron chi connectivity index (χ0n) is 10.7. The zero-order valence-corrected chi connectivity index (χ0v) is 11.5. The maximum Gasteiger partial charge on any atom is 0.264 e. The molecule has 1 saturated carbocycles. The Balaban J connectivity index is 1.55. The Morgan fingerprint density at radius 2 is 2.00 bits per heavy atom. The number of carbonyl (C=O) groups excluding carboxylic acids is 1. The summed E-state index contributed by atoms with van der Waals surface area (Å²) in [6, 6.07) is 4.77. The summed E-state index contributed by atoms with van der Waals surface area (Å²) >= 11 is 1.55. The molecule has 1 aliphatic carbocycles. The zero-order chi connectivity index (χ0) is 12.4. The summed E-state index contributed by atoms with van der Waals surface area (Å²) in [4.78, 5) is 16.9. The van der Waals surface area contributed by atoms with Crippen molar-refractivity contribution in [2.45, 2.75) is 31.7 Å². The standard InChI is InChI=1S/C14H20N2OS/c17-14(13-6-3-11-18-13)16-9-7-15(8-10-16)12-4-1-2-5-12/h3,6,11-12H,1-2,4-5,7-10H2/p+1. The fourth-order valence-electron chi connectivity index (χ4n) is 3.30. The van der Waals surface area contributed by atoms with E-state index in [4.69, 9.17) is 0 Å². The van der Waals surface area contributed by atoms with Gasteiger partial charge >= 0.3 is 0 Å². The second kappa shape index (κ2) is 5.41. The van der Waals surface area contributed by atoms with E-state index in [-0.39, 0.29) is 5.91 Å². The smallest absolute Gasteiger partial charge is 0.264 e. The topological polar surface area (TPSA) is 24.8 Å². The molecule has 18 heavy (non-hydrogen) atoms. The number of rotatable bonds is 2. The van der Waals surface area contributed by atoms with Gasteiger partial charge in [-0.05, 0) is 37.1 Å². The highest BCUT2D eigenvalue weighted by Gasteiger charge is 2.31. The van der Waals surface area contributed by atoms with Gasteiger partial charge in [-0.25, -0.2) is 0 Å². The van der Waals surface area contributed by atoms with Crippen molar-refractivity contribution >= 4 is 17.2 Å². The van der Waals surface area contributed by atoms with Gasteiger partial charge in [-0.15, -0.1) is 11.3 Å². The van der Waals surface area contributed by atoms with Gasteiger partial charge in [0.2, 0.25) is 0 Å². The summed E-state index contributed by atoms with van der Waals surface area (Å²) in [5.41, 5.74) is 0. The van der Waals surface area contributed by atoms with Crippen molar-refractivity contribution in [3.63, 3.8) is 0 Å². The Kier molecular flexibility index (Phi) is 3.66. The molecule has 4 heteroatoms. The molecular formula is C14H21N2OS+. The molecule has 0 bridgehead atoms. The van der Waals surface area contributed by atoms with Crippen LogP contribution in [-0.2, 0) is 0 Å². The molecule has 1 aromatic rings. The molecule has 0 atom stereocenters. The van der Waals surface area contributed by atoms with Crippen LogP contribution in [0.2, 0.25) is 0 Å². The Morgan fingerprint density at radius 1 is 1.28 bits per heavy atom. The number of hydrogen-bond donors (Lipinski definition) is 1. The van der Waals surface area contributed by atoms with Crippen molar-refractivity contribution in [3.8, 4) is 0 Å². The van der Waals surface area contributed by atoms with E-state index >= 15 is 0 Å². The Bertz CT molecular complexity index is 390. The largest absolute Gasteiger partial charge is 0.330 e. The second-order valence-corrected chi connectivity index (χ2v) is 6.36. The van der Waals surface area contributed by atoms with Gasteiger partial charge in [0, 0.05) is 0 Å². The Labute approximate surface area is 112 Å². The van der Waals surface area contributed by atoms with Gasteiger partial charge in [0.25, 0.3) is 5.91 Å². The third-order valence-corrected chi connectivity index (χ3v) is 5.22. The summed E-state index contributed by atoms with van der Waals surface area (Å²) in [6.07, 6.45) is 5.61. The van der Waals surface area contributed by atoms with Gasteiger partial charge in [-0.2, -0.15) is 0 Å². The highest BCUT2D eigenvalue weighted by molar-refractivity contribution is 7.12. The monoisotopic (exact) mass is 265 g/mol. The third kappa shape index (κ3) is 2.45. The number of quaternary nitrogens is 1. The lowest BCUT2D eigenvalue weighted by atomic mass is 10.2. The van der Waals surface area contributed by atoms with Crippen LogP contribution >= 0.6 is 11.3 Å². The lowest BCUT2D eigenvalue weighted by Crippen LogP contribution is -3.18. The van der Waals surface area contributed by atoms with E-state index in [0.717, 1.165) is 37.1 Å². The van der Waals surface area contributed by atoms with Crippen LogP contribution in [0.5, 0.6) is 0 Å². The molecule has 2 fully saturated rings. The van der Waals surface area contributed by atoms with Gasteiger partial charge in [0.15, 0.2) is 0 Å². The van der Waals surface area contributed by atoms with Gasteiger partial charge in [-0.3, -0.25) is 4.79 Å². The van der Waals surface area contributed by atoms with Crippen LogP contribution < -0.4 is 4.90 Å². The maximum atomic E-state index is 12.2. The Hall–Kier alpha value is -0.870. The number of piperazine rings is 1. The average Bonchev–Trinajstić information content (AvgIpc) is 3.11. The predicted molar refractivity (Wildman–Crippen MR) is 73.2 cm³/mol. The van der Waals surface area contributed by atoms with Gasteiger partial charge < -0.3 is 9.80 Å². The number of nitrogens with zero attached hydrogens (tertiary/aromatic N) is 1. The summed E-state index contributed by atoms with van der Waals surface area (Å²) in [5, 5.41) is 1.98. The molecule has 1 aromatic heterocycles. The van der Waals surface area contributed by atoms with Crippen LogP contribution in [0.4, 0.5) is 0 Å². The van der Waals surface area contributed by atoms with Crippen LogP contribution in [0.25, 0.3) is 0 Å². The number of nitrogens with one attached hydrogen (secondary N) is 1. The van der Waals surface area contributed by atoms with E-state index in [9.17, 15) is 4.79 Å². The molecule has 1 aliphatic heterocycles. The van der Waals surface area contributed by atoms with Crippen molar-refractivity contribution in [2.24, 2.45) is 0 Å². The van der Waals surface area contributed by atoms with Crippen LogP contribution in [0.15, 0.2) is 17.5 Å². The third-order valence-electron chi connectivity index (χ3n) is 4.36. The second-order valence-electron chi connectivity index (χ2n) is 5.41. The number of carbonyl (C=O) groups is 1. The molecule has 2 aliphatic rings. The number of amides is 1. The molecule has 0 spiro atoms. The number of thiophene rings is 1. The normalized spacial score (nSPS) is 22.6. The summed E-state index contributed by atoms with van der Waals surface area (Å²) in [7, 11) is 0. The molecule has 1 N–H and O–H groups in total. The first kappa shape index (κ1) is 12.2. The maximum absolute atomic E-state index is 12.2. The van der Waals surface area contributed by atoms with Gasteiger partial charge in [-0.1, -0.05) is 6.07 Å². The highest BCUT2D eigenvalue weighted by atomic mass is 32.1. The van der Waals surface area contributed by atoms with Crippen molar-refractivity contribution in [3.05, 3.63) is 22.4 Å².